The van der Waals surface area contributed by atoms with Crippen LogP contribution in [0.2, 0.25) is 0 Å². The van der Waals surface area contributed by atoms with Crippen LogP contribution in [-0.2, 0) is 16.0 Å². The van der Waals surface area contributed by atoms with Crippen molar-refractivity contribution in [1.82, 2.24) is 10.4 Å². The van der Waals surface area contributed by atoms with Gasteiger partial charge in [-0.3, -0.25) is 10.0 Å². The molecule has 1 saturated heterocycles. The summed E-state index contributed by atoms with van der Waals surface area (Å²) < 4.78 is 5.40. The number of morpholine rings is 1. The first-order chi connectivity index (χ1) is 13.2. The Hall–Kier alpha value is -2.83. The van der Waals surface area contributed by atoms with Gasteiger partial charge in [0.25, 0.3) is 5.91 Å². The van der Waals surface area contributed by atoms with E-state index in [9.17, 15) is 10.0 Å². The van der Waals surface area contributed by atoms with E-state index < -0.39 is 6.04 Å². The Labute approximate surface area is 158 Å². The first kappa shape index (κ1) is 17.6. The number of nitrogens with one attached hydrogen (secondary N) is 1. The highest BCUT2D eigenvalue weighted by atomic mass is 16.5. The fourth-order valence-electron chi connectivity index (χ4n) is 3.45. The average Bonchev–Trinajstić information content (AvgIpc) is 2.73. The van der Waals surface area contributed by atoms with Gasteiger partial charge in [0.2, 0.25) is 0 Å². The molecule has 0 radical (unpaired) electrons. The van der Waals surface area contributed by atoms with E-state index in [0.29, 0.717) is 11.5 Å². The summed E-state index contributed by atoms with van der Waals surface area (Å²) in [6.45, 7) is 3.27. The number of ether oxygens (including phenoxy) is 1. The molecule has 2 aromatic carbocycles. The number of hydroxylamine groups is 2. The summed E-state index contributed by atoms with van der Waals surface area (Å²) in [4.78, 5) is 14.6. The Bertz CT molecular complexity index is 814. The number of nitrogens with zero attached hydrogens (tertiary/aromatic N) is 2. The highest BCUT2D eigenvalue weighted by molar-refractivity contribution is 5.88. The third-order valence-electron chi connectivity index (χ3n) is 4.94. The highest BCUT2D eigenvalue weighted by Gasteiger charge is 2.28. The van der Waals surface area contributed by atoms with Gasteiger partial charge in [0.05, 0.1) is 25.1 Å². The first-order valence-corrected chi connectivity index (χ1v) is 9.18. The van der Waals surface area contributed by atoms with Crippen molar-refractivity contribution < 1.29 is 14.7 Å². The molecular weight excluding hydrogens is 342 g/mol. The third kappa shape index (κ3) is 3.97. The second-order valence-corrected chi connectivity index (χ2v) is 6.76. The number of carbonyl (C=O) groups excluding carboxylic acids is 1. The summed E-state index contributed by atoms with van der Waals surface area (Å²) >= 11 is 0. The van der Waals surface area contributed by atoms with Gasteiger partial charge in [0.15, 0.2) is 0 Å². The predicted octanol–water partition coefficient (Wildman–Crippen LogP) is 2.25. The average molecular weight is 365 g/mol. The van der Waals surface area contributed by atoms with Crippen molar-refractivity contribution in [1.29, 1.82) is 0 Å². The lowest BCUT2D eigenvalue weighted by atomic mass is 10.0. The number of anilines is 1. The second-order valence-electron chi connectivity index (χ2n) is 6.76. The Morgan fingerprint density at radius 2 is 1.74 bits per heavy atom. The second kappa shape index (κ2) is 7.82. The van der Waals surface area contributed by atoms with E-state index in [1.807, 2.05) is 42.5 Å². The van der Waals surface area contributed by atoms with Crippen LogP contribution >= 0.6 is 0 Å². The quantitative estimate of drug-likeness (QED) is 0.814. The maximum absolute atomic E-state index is 12.3. The molecule has 140 valence electrons. The van der Waals surface area contributed by atoms with E-state index in [2.05, 4.69) is 22.3 Å². The molecule has 0 aliphatic carbocycles. The molecule has 6 nitrogen and oxygen atoms in total. The van der Waals surface area contributed by atoms with Gasteiger partial charge in [-0.2, -0.15) is 5.06 Å². The topological polar surface area (TPSA) is 65.0 Å². The van der Waals surface area contributed by atoms with E-state index >= 15 is 0 Å². The van der Waals surface area contributed by atoms with E-state index in [0.717, 1.165) is 48.8 Å². The molecule has 0 saturated carbocycles. The van der Waals surface area contributed by atoms with Gasteiger partial charge >= 0.3 is 0 Å². The van der Waals surface area contributed by atoms with Crippen LogP contribution in [0.15, 0.2) is 60.8 Å². The zero-order valence-corrected chi connectivity index (χ0v) is 15.0. The Morgan fingerprint density at radius 3 is 2.44 bits per heavy atom. The number of benzene rings is 2. The Kier molecular flexibility index (Phi) is 5.09. The highest BCUT2D eigenvalue weighted by Crippen LogP contribution is 2.23. The smallest absolute Gasteiger partial charge is 0.272 e. The van der Waals surface area contributed by atoms with Gasteiger partial charge in [-0.25, -0.2) is 0 Å². The van der Waals surface area contributed by atoms with Crippen molar-refractivity contribution in [3.8, 4) is 0 Å². The van der Waals surface area contributed by atoms with Crippen LogP contribution < -0.4 is 10.2 Å². The van der Waals surface area contributed by atoms with Crippen LogP contribution in [0.1, 0.15) is 11.1 Å². The predicted molar refractivity (Wildman–Crippen MR) is 103 cm³/mol. The molecule has 1 fully saturated rings. The molecule has 2 aliphatic rings. The zero-order chi connectivity index (χ0) is 18.6. The first-order valence-electron chi connectivity index (χ1n) is 9.18. The minimum Gasteiger partial charge on any atom is -0.378 e. The Balaban J connectivity index is 1.50. The van der Waals surface area contributed by atoms with Gasteiger partial charge in [0.1, 0.15) is 6.04 Å². The lowest BCUT2D eigenvalue weighted by molar-refractivity contribution is -0.157. The van der Waals surface area contributed by atoms with E-state index in [4.69, 9.17) is 4.74 Å². The molecule has 0 aromatic heterocycles. The molecule has 0 bridgehead atoms. The maximum atomic E-state index is 12.3. The molecule has 2 heterocycles. The maximum Gasteiger partial charge on any atom is 0.272 e. The van der Waals surface area contributed by atoms with E-state index in [1.165, 1.54) is 6.20 Å². The van der Waals surface area contributed by atoms with Crippen molar-refractivity contribution >= 4 is 17.3 Å². The van der Waals surface area contributed by atoms with Gasteiger partial charge in [-0.15, -0.1) is 0 Å². The number of hydrogen-bond acceptors (Lipinski definition) is 5. The number of hydrogen-bond donors (Lipinski definition) is 2. The van der Waals surface area contributed by atoms with Gasteiger partial charge < -0.3 is 15.0 Å². The third-order valence-corrected chi connectivity index (χ3v) is 4.94. The monoisotopic (exact) mass is 365 g/mol. The summed E-state index contributed by atoms with van der Waals surface area (Å²) in [7, 11) is 0. The summed E-state index contributed by atoms with van der Waals surface area (Å²) in [6, 6.07) is 17.4. The number of rotatable bonds is 4. The van der Waals surface area contributed by atoms with Crippen LogP contribution in [0.25, 0.3) is 5.70 Å². The van der Waals surface area contributed by atoms with Crippen molar-refractivity contribution in [3.05, 3.63) is 71.9 Å². The van der Waals surface area contributed by atoms with Gasteiger partial charge in [0, 0.05) is 25.2 Å². The van der Waals surface area contributed by atoms with Crippen LogP contribution in [0.5, 0.6) is 0 Å². The fraction of sp³-hybridized carbons (Fsp3) is 0.286. The van der Waals surface area contributed by atoms with Crippen LogP contribution in [0.3, 0.4) is 0 Å². The van der Waals surface area contributed by atoms with E-state index in [1.54, 1.807) is 0 Å². The molecular formula is C21H23N3O3. The summed E-state index contributed by atoms with van der Waals surface area (Å²) in [5.41, 5.74) is 3.85. The minimum absolute atomic E-state index is 0.354. The molecule has 4 rings (SSSR count). The van der Waals surface area contributed by atoms with E-state index in [-0.39, 0.29) is 5.91 Å². The van der Waals surface area contributed by atoms with Crippen LogP contribution in [0.4, 0.5) is 5.69 Å². The lowest BCUT2D eigenvalue weighted by Crippen LogP contribution is -2.48. The van der Waals surface area contributed by atoms with Crippen molar-refractivity contribution in [2.24, 2.45) is 0 Å². The molecule has 6 heteroatoms. The lowest BCUT2D eigenvalue weighted by Gasteiger charge is -2.30. The van der Waals surface area contributed by atoms with Crippen molar-refractivity contribution in [2.45, 2.75) is 12.5 Å². The normalized spacial score (nSPS) is 20.3. The van der Waals surface area contributed by atoms with Gasteiger partial charge in [-0.1, -0.05) is 42.5 Å². The van der Waals surface area contributed by atoms with Crippen LogP contribution in [0, 0.1) is 0 Å². The molecule has 27 heavy (non-hydrogen) atoms. The molecule has 2 aliphatic heterocycles. The summed E-state index contributed by atoms with van der Waals surface area (Å²) in [5, 5.41) is 14.0. The number of carbonyl (C=O) groups is 1. The number of amides is 1. The summed E-state index contributed by atoms with van der Waals surface area (Å²) in [5.74, 6) is -0.354. The van der Waals surface area contributed by atoms with Crippen LogP contribution in [-0.4, -0.2) is 48.5 Å². The molecule has 2 N–H and O–H groups in total. The molecule has 1 amide bonds. The Morgan fingerprint density at radius 1 is 1.04 bits per heavy atom. The molecule has 0 spiro atoms. The largest absolute Gasteiger partial charge is 0.378 e. The van der Waals surface area contributed by atoms with Crippen molar-refractivity contribution in [2.75, 3.05) is 31.2 Å². The zero-order valence-electron chi connectivity index (χ0n) is 15.0. The van der Waals surface area contributed by atoms with Crippen molar-refractivity contribution in [3.63, 3.8) is 0 Å². The molecule has 1 atom stereocenters. The SMILES string of the molecule is O=C1C(Cc2ccccc2)NC(c2ccc(N3CCOCC3)cc2)=CN1O. The van der Waals surface area contributed by atoms with Gasteiger partial charge in [-0.05, 0) is 23.3 Å². The molecule has 1 unspecified atom stereocenters. The summed E-state index contributed by atoms with van der Waals surface area (Å²) in [6.07, 6.45) is 1.95. The standard InChI is InChI=1S/C21H23N3O3/c25-21-19(14-16-4-2-1-3-5-16)22-20(15-24(21)26)17-6-8-18(9-7-17)23-10-12-27-13-11-23/h1-9,15,19,22,26H,10-14H2. The molecule has 2 aromatic rings. The minimum atomic E-state index is -0.503. The fourth-order valence-corrected chi connectivity index (χ4v) is 3.45.